The molecule has 0 saturated heterocycles. The van der Waals surface area contributed by atoms with E-state index < -0.39 is 0 Å². The van der Waals surface area contributed by atoms with Gasteiger partial charge in [0, 0.05) is 42.2 Å². The molecule has 142 valence electrons. The second kappa shape index (κ2) is 9.07. The third-order valence-electron chi connectivity index (χ3n) is 3.73. The lowest BCUT2D eigenvalue weighted by molar-refractivity contribution is 0.102. The van der Waals surface area contributed by atoms with Crippen LogP contribution in [0.5, 0.6) is 5.88 Å². The smallest absolute Gasteiger partial charge is 0.259 e. The van der Waals surface area contributed by atoms with E-state index in [1.54, 1.807) is 30.6 Å². The van der Waals surface area contributed by atoms with E-state index in [2.05, 4.69) is 34.3 Å². The number of pyridine rings is 1. The Bertz CT molecular complexity index is 903. The number of hydrogen-bond acceptors (Lipinski definition) is 7. The standard InChI is InChI=1S/C19H21N3O3S2/c1-12-5-7-15(26-12)17-13(2)27-19(21-17)22-18(23)14-6-8-16(20-11-14)25-10-4-9-24-3/h5-8,11H,4,9-10H2,1-3H3,(H,21,22,23). The number of nitrogens with one attached hydrogen (secondary N) is 1. The topological polar surface area (TPSA) is 73.3 Å². The number of carbonyl (C=O) groups excluding carboxylic acids is 1. The molecule has 3 aromatic heterocycles. The van der Waals surface area contributed by atoms with Gasteiger partial charge in [-0.2, -0.15) is 0 Å². The number of aryl methyl sites for hydroxylation is 2. The number of aromatic nitrogens is 2. The highest BCUT2D eigenvalue weighted by Gasteiger charge is 2.14. The van der Waals surface area contributed by atoms with Crippen LogP contribution in [0.2, 0.25) is 0 Å². The molecule has 0 fully saturated rings. The number of thiophene rings is 1. The molecule has 0 bridgehead atoms. The van der Waals surface area contributed by atoms with Crippen LogP contribution < -0.4 is 10.1 Å². The summed E-state index contributed by atoms with van der Waals surface area (Å²) in [5.74, 6) is 0.249. The lowest BCUT2D eigenvalue weighted by Gasteiger charge is -2.06. The maximum absolute atomic E-state index is 12.4. The van der Waals surface area contributed by atoms with Crippen molar-refractivity contribution in [3.63, 3.8) is 0 Å². The van der Waals surface area contributed by atoms with Crippen molar-refractivity contribution in [2.45, 2.75) is 20.3 Å². The van der Waals surface area contributed by atoms with Gasteiger partial charge in [0.1, 0.15) is 0 Å². The molecule has 8 heteroatoms. The highest BCUT2D eigenvalue weighted by molar-refractivity contribution is 7.18. The van der Waals surface area contributed by atoms with Gasteiger partial charge in [-0.05, 0) is 32.0 Å². The molecule has 0 saturated carbocycles. The molecule has 0 aliphatic carbocycles. The summed E-state index contributed by atoms with van der Waals surface area (Å²) < 4.78 is 10.5. The lowest BCUT2D eigenvalue weighted by atomic mass is 10.3. The average molecular weight is 404 g/mol. The molecule has 0 unspecified atom stereocenters. The van der Waals surface area contributed by atoms with Crippen molar-refractivity contribution in [1.82, 2.24) is 9.97 Å². The van der Waals surface area contributed by atoms with Gasteiger partial charge >= 0.3 is 0 Å². The normalized spacial score (nSPS) is 10.8. The zero-order valence-electron chi connectivity index (χ0n) is 15.4. The summed E-state index contributed by atoms with van der Waals surface area (Å²) in [4.78, 5) is 24.6. The van der Waals surface area contributed by atoms with Crippen molar-refractivity contribution in [3.05, 3.63) is 45.8 Å². The Kier molecular flexibility index (Phi) is 6.54. The monoisotopic (exact) mass is 403 g/mol. The van der Waals surface area contributed by atoms with Crippen LogP contribution in [0.25, 0.3) is 10.6 Å². The third-order valence-corrected chi connectivity index (χ3v) is 5.63. The van der Waals surface area contributed by atoms with E-state index in [1.165, 1.54) is 22.4 Å². The molecule has 0 aliphatic heterocycles. The van der Waals surface area contributed by atoms with Crippen LogP contribution in [0.4, 0.5) is 5.13 Å². The molecule has 6 nitrogen and oxygen atoms in total. The van der Waals surface area contributed by atoms with Crippen LogP contribution in [-0.4, -0.2) is 36.2 Å². The minimum atomic E-state index is -0.240. The van der Waals surface area contributed by atoms with E-state index in [0.29, 0.717) is 29.8 Å². The third kappa shape index (κ3) is 5.12. The van der Waals surface area contributed by atoms with Crippen LogP contribution in [-0.2, 0) is 4.74 Å². The molecule has 27 heavy (non-hydrogen) atoms. The van der Waals surface area contributed by atoms with Gasteiger partial charge < -0.3 is 9.47 Å². The number of methoxy groups -OCH3 is 1. The second-order valence-corrected chi connectivity index (χ2v) is 8.36. The van der Waals surface area contributed by atoms with Crippen molar-refractivity contribution in [1.29, 1.82) is 0 Å². The van der Waals surface area contributed by atoms with Crippen LogP contribution >= 0.6 is 22.7 Å². The van der Waals surface area contributed by atoms with Crippen LogP contribution in [0.3, 0.4) is 0 Å². The van der Waals surface area contributed by atoms with E-state index >= 15 is 0 Å². The van der Waals surface area contributed by atoms with Gasteiger partial charge in [0.25, 0.3) is 5.91 Å². The summed E-state index contributed by atoms with van der Waals surface area (Å²) in [5.41, 5.74) is 1.38. The fraction of sp³-hybridized carbons (Fsp3) is 0.316. The molecular weight excluding hydrogens is 382 g/mol. The van der Waals surface area contributed by atoms with Gasteiger partial charge in [-0.25, -0.2) is 9.97 Å². The van der Waals surface area contributed by atoms with Gasteiger partial charge in [0.15, 0.2) is 5.13 Å². The summed E-state index contributed by atoms with van der Waals surface area (Å²) in [6.45, 7) is 5.24. The highest BCUT2D eigenvalue weighted by Crippen LogP contribution is 2.34. The first-order valence-electron chi connectivity index (χ1n) is 8.50. The van der Waals surface area contributed by atoms with Gasteiger partial charge in [0.05, 0.1) is 22.7 Å². The Labute approximate surface area is 166 Å². The zero-order chi connectivity index (χ0) is 19.2. The van der Waals surface area contributed by atoms with Gasteiger partial charge in [-0.15, -0.1) is 22.7 Å². The number of rotatable bonds is 8. The Morgan fingerprint density at radius 1 is 1.15 bits per heavy atom. The number of ether oxygens (including phenoxy) is 2. The molecule has 0 atom stereocenters. The summed E-state index contributed by atoms with van der Waals surface area (Å²) in [6, 6.07) is 7.51. The molecule has 3 heterocycles. The SMILES string of the molecule is COCCCOc1ccc(C(=O)Nc2nc(-c3ccc(C)s3)c(C)s2)cn1. The number of nitrogens with zero attached hydrogens (tertiary/aromatic N) is 2. The largest absolute Gasteiger partial charge is 0.478 e. The predicted molar refractivity (Wildman–Crippen MR) is 109 cm³/mol. The molecule has 0 aromatic carbocycles. The maximum Gasteiger partial charge on any atom is 0.259 e. The van der Waals surface area contributed by atoms with Crippen molar-refractivity contribution in [2.75, 3.05) is 25.6 Å². The summed E-state index contributed by atoms with van der Waals surface area (Å²) >= 11 is 3.16. The number of anilines is 1. The Morgan fingerprint density at radius 2 is 2.00 bits per heavy atom. The first-order chi connectivity index (χ1) is 13.1. The zero-order valence-corrected chi connectivity index (χ0v) is 17.1. The summed E-state index contributed by atoms with van der Waals surface area (Å²) in [7, 11) is 1.65. The highest BCUT2D eigenvalue weighted by atomic mass is 32.1. The fourth-order valence-corrected chi connectivity index (χ4v) is 4.19. The maximum atomic E-state index is 12.4. The Hall–Kier alpha value is -2.29. The fourth-order valence-electron chi connectivity index (χ4n) is 2.39. The van der Waals surface area contributed by atoms with Crippen LogP contribution in [0.1, 0.15) is 26.5 Å². The molecule has 1 amide bonds. The van der Waals surface area contributed by atoms with Gasteiger partial charge in [-0.1, -0.05) is 0 Å². The Balaban J connectivity index is 1.62. The molecule has 0 radical (unpaired) electrons. The van der Waals surface area contributed by atoms with E-state index in [1.807, 2.05) is 6.92 Å². The molecule has 0 aliphatic rings. The van der Waals surface area contributed by atoms with Crippen molar-refractivity contribution in [2.24, 2.45) is 0 Å². The number of hydrogen-bond donors (Lipinski definition) is 1. The van der Waals surface area contributed by atoms with Crippen molar-refractivity contribution >= 4 is 33.7 Å². The molecular formula is C19H21N3O3S2. The quantitative estimate of drug-likeness (QED) is 0.559. The minimum Gasteiger partial charge on any atom is -0.478 e. The van der Waals surface area contributed by atoms with Gasteiger partial charge in [-0.3, -0.25) is 10.1 Å². The number of carbonyl (C=O) groups is 1. The number of thiazole rings is 1. The lowest BCUT2D eigenvalue weighted by Crippen LogP contribution is -2.12. The molecule has 0 spiro atoms. The van der Waals surface area contributed by atoms with Crippen LogP contribution in [0.15, 0.2) is 30.5 Å². The molecule has 1 N–H and O–H groups in total. The number of amides is 1. The van der Waals surface area contributed by atoms with Crippen LogP contribution in [0, 0.1) is 13.8 Å². The summed E-state index contributed by atoms with van der Waals surface area (Å²) in [6.07, 6.45) is 2.29. The van der Waals surface area contributed by atoms with E-state index in [4.69, 9.17) is 9.47 Å². The van der Waals surface area contributed by atoms with E-state index in [0.717, 1.165) is 21.9 Å². The first kappa shape index (κ1) is 19.5. The minimum absolute atomic E-state index is 0.240. The average Bonchev–Trinajstić information content (AvgIpc) is 3.24. The van der Waals surface area contributed by atoms with E-state index in [9.17, 15) is 4.79 Å². The van der Waals surface area contributed by atoms with Crippen molar-refractivity contribution < 1.29 is 14.3 Å². The van der Waals surface area contributed by atoms with E-state index in [-0.39, 0.29) is 5.91 Å². The second-order valence-electron chi connectivity index (χ2n) is 5.87. The summed E-state index contributed by atoms with van der Waals surface area (Å²) in [5, 5.41) is 3.43. The predicted octanol–water partition coefficient (Wildman–Crippen LogP) is 4.55. The van der Waals surface area contributed by atoms with Crippen molar-refractivity contribution in [3.8, 4) is 16.5 Å². The molecule has 3 aromatic rings. The first-order valence-corrected chi connectivity index (χ1v) is 10.1. The molecule has 3 rings (SSSR count). The van der Waals surface area contributed by atoms with Gasteiger partial charge in [0.2, 0.25) is 5.88 Å². The Morgan fingerprint density at radius 3 is 2.67 bits per heavy atom.